The van der Waals surface area contributed by atoms with Gasteiger partial charge in [0.1, 0.15) is 0 Å². The molecule has 0 saturated carbocycles. The van der Waals surface area contributed by atoms with Gasteiger partial charge in [0, 0.05) is 22.2 Å². The molecule has 4 heteroatoms. The van der Waals surface area contributed by atoms with Crippen LogP contribution in [-0.4, -0.2) is 42.7 Å². The lowest BCUT2D eigenvalue weighted by atomic mass is 9.71. The van der Waals surface area contributed by atoms with Crippen LogP contribution >= 0.6 is 0 Å². The second-order valence-corrected chi connectivity index (χ2v) is 12.2. The van der Waals surface area contributed by atoms with Crippen LogP contribution in [-0.2, 0) is 0 Å². The summed E-state index contributed by atoms with van der Waals surface area (Å²) in [7, 11) is 0. The fourth-order valence-electron chi connectivity index (χ4n) is 5.68. The van der Waals surface area contributed by atoms with E-state index in [0.29, 0.717) is 17.8 Å². The van der Waals surface area contributed by atoms with Crippen molar-refractivity contribution in [3.05, 3.63) is 0 Å². The van der Waals surface area contributed by atoms with Crippen molar-refractivity contribution < 1.29 is 10.4 Å². The fraction of sp³-hybridized carbons (Fsp3) is 1.00. The minimum Gasteiger partial charge on any atom is -0.313 e. The Morgan fingerprint density at radius 2 is 1.00 bits per heavy atom. The predicted molar refractivity (Wildman–Crippen MR) is 114 cm³/mol. The summed E-state index contributed by atoms with van der Waals surface area (Å²) in [5.41, 5.74) is -0.330. The zero-order valence-corrected chi connectivity index (χ0v) is 20.2. The largest absolute Gasteiger partial charge is 0.313 e. The molecule has 2 saturated heterocycles. The smallest absolute Gasteiger partial charge is 0.0441 e. The highest BCUT2D eigenvalue weighted by molar-refractivity contribution is 5.02. The maximum Gasteiger partial charge on any atom is 0.0441 e. The van der Waals surface area contributed by atoms with Crippen LogP contribution in [0.15, 0.2) is 0 Å². The highest BCUT2D eigenvalue weighted by Crippen LogP contribution is 2.46. The van der Waals surface area contributed by atoms with E-state index in [1.165, 1.54) is 0 Å². The molecule has 0 aliphatic carbocycles. The Balaban J connectivity index is 0.000000271. The average molecular weight is 385 g/mol. The van der Waals surface area contributed by atoms with Crippen molar-refractivity contribution in [3.8, 4) is 0 Å². The topological polar surface area (TPSA) is 46.9 Å². The molecule has 0 radical (unpaired) electrons. The molecule has 0 amide bonds. The van der Waals surface area contributed by atoms with Gasteiger partial charge in [-0.25, -0.2) is 0 Å². The monoisotopic (exact) mass is 384 g/mol. The van der Waals surface area contributed by atoms with E-state index in [9.17, 15) is 10.4 Å². The van der Waals surface area contributed by atoms with Crippen molar-refractivity contribution in [3.63, 3.8) is 0 Å². The van der Waals surface area contributed by atoms with Gasteiger partial charge in [-0.05, 0) is 98.3 Å². The van der Waals surface area contributed by atoms with Crippen LogP contribution in [0.4, 0.5) is 0 Å². The van der Waals surface area contributed by atoms with Gasteiger partial charge in [0.2, 0.25) is 0 Å². The van der Waals surface area contributed by atoms with Crippen molar-refractivity contribution in [1.29, 1.82) is 0 Å². The molecular formula is C23H48N2O2. The minimum atomic E-state index is -0.0866. The molecule has 0 aromatic heterocycles. The van der Waals surface area contributed by atoms with E-state index in [2.05, 4.69) is 83.1 Å². The summed E-state index contributed by atoms with van der Waals surface area (Å²) in [5, 5.41) is 23.2. The first-order valence-corrected chi connectivity index (χ1v) is 10.8. The molecule has 2 heterocycles. The molecule has 0 aromatic rings. The Morgan fingerprint density at radius 3 is 1.22 bits per heavy atom. The number of nitrogens with zero attached hydrogens (tertiary/aromatic N) is 2. The summed E-state index contributed by atoms with van der Waals surface area (Å²) in [6, 6.07) is 0. The molecule has 0 aromatic carbocycles. The van der Waals surface area contributed by atoms with Crippen molar-refractivity contribution in [1.82, 2.24) is 10.1 Å². The first-order valence-electron chi connectivity index (χ1n) is 10.8. The molecule has 2 aliphatic heterocycles. The fourth-order valence-corrected chi connectivity index (χ4v) is 5.68. The summed E-state index contributed by atoms with van der Waals surface area (Å²) in [4.78, 5) is 0. The van der Waals surface area contributed by atoms with Crippen LogP contribution in [0.1, 0.15) is 102 Å². The summed E-state index contributed by atoms with van der Waals surface area (Å²) in [5.74, 6) is 2.64. The molecule has 0 bridgehead atoms. The first-order chi connectivity index (χ1) is 11.9. The molecule has 0 spiro atoms. The third-order valence-electron chi connectivity index (χ3n) is 7.16. The number of hydrogen-bond donors (Lipinski definition) is 2. The van der Waals surface area contributed by atoms with Crippen LogP contribution in [0.5, 0.6) is 0 Å². The summed E-state index contributed by atoms with van der Waals surface area (Å²) in [6.45, 7) is 26.0. The lowest BCUT2D eigenvalue weighted by Gasteiger charge is -2.52. The van der Waals surface area contributed by atoms with Gasteiger partial charge in [0.25, 0.3) is 0 Å². The second-order valence-electron chi connectivity index (χ2n) is 12.2. The Bertz CT molecular complexity index is 477. The Morgan fingerprint density at radius 1 is 0.630 bits per heavy atom. The van der Waals surface area contributed by atoms with Crippen molar-refractivity contribution in [2.75, 3.05) is 0 Å². The van der Waals surface area contributed by atoms with Crippen LogP contribution in [0.3, 0.4) is 0 Å². The van der Waals surface area contributed by atoms with Crippen LogP contribution in [0, 0.1) is 23.7 Å². The molecule has 2 aliphatic rings. The van der Waals surface area contributed by atoms with Gasteiger partial charge < -0.3 is 10.4 Å². The minimum absolute atomic E-state index is 0.0710. The summed E-state index contributed by atoms with van der Waals surface area (Å²) < 4.78 is 0. The molecule has 4 nitrogen and oxygen atoms in total. The number of hydrogen-bond acceptors (Lipinski definition) is 4. The Kier molecular flexibility index (Phi) is 7.31. The Hall–Kier alpha value is -0.160. The van der Waals surface area contributed by atoms with Crippen molar-refractivity contribution in [2.45, 2.75) is 125 Å². The van der Waals surface area contributed by atoms with Gasteiger partial charge in [-0.3, -0.25) is 0 Å². The first kappa shape index (κ1) is 24.9. The SMILES string of the molecule is CC(C)C1CC(C)(C)N(O)C(C)(C)C1.CC(C)C1CC(C)(C)N(O)C1(C)C. The van der Waals surface area contributed by atoms with Gasteiger partial charge in [-0.2, -0.15) is 10.1 Å². The van der Waals surface area contributed by atoms with Crippen LogP contribution in [0.2, 0.25) is 0 Å². The number of piperidine rings is 1. The maximum atomic E-state index is 10.1. The van der Waals surface area contributed by atoms with Gasteiger partial charge in [-0.1, -0.05) is 27.7 Å². The third kappa shape index (κ3) is 5.26. The predicted octanol–water partition coefficient (Wildman–Crippen LogP) is 6.21. The molecule has 2 fully saturated rings. The third-order valence-corrected chi connectivity index (χ3v) is 7.16. The normalized spacial score (nSPS) is 30.4. The standard InChI is InChI=1S/C12H25NO.C11H23NO/c1-9(2)10-7-11(3,4)13(14)12(5,6)8-10;1-8(2)9-7-10(3,4)12(13)11(9,5)6/h9-10,14H,7-8H2,1-6H3;8-9,13H,7H2,1-6H3. The van der Waals surface area contributed by atoms with Gasteiger partial charge in [0.15, 0.2) is 0 Å². The highest BCUT2D eigenvalue weighted by atomic mass is 16.5. The molecule has 2 N–H and O–H groups in total. The van der Waals surface area contributed by atoms with Crippen molar-refractivity contribution >= 4 is 0 Å². The maximum absolute atomic E-state index is 10.1. The van der Waals surface area contributed by atoms with E-state index < -0.39 is 0 Å². The summed E-state index contributed by atoms with van der Waals surface area (Å²) >= 11 is 0. The van der Waals surface area contributed by atoms with E-state index in [0.717, 1.165) is 25.2 Å². The zero-order valence-electron chi connectivity index (χ0n) is 20.2. The van der Waals surface area contributed by atoms with E-state index in [4.69, 9.17) is 0 Å². The van der Waals surface area contributed by atoms with Gasteiger partial charge in [0.05, 0.1) is 0 Å². The van der Waals surface area contributed by atoms with E-state index in [-0.39, 0.29) is 22.2 Å². The van der Waals surface area contributed by atoms with E-state index in [1.807, 2.05) is 0 Å². The molecule has 1 atom stereocenters. The van der Waals surface area contributed by atoms with E-state index >= 15 is 0 Å². The second kappa shape index (κ2) is 7.93. The molecule has 1 unspecified atom stereocenters. The molecule has 2 rings (SSSR count). The summed E-state index contributed by atoms with van der Waals surface area (Å²) in [6.07, 6.45) is 3.25. The molecule has 162 valence electrons. The zero-order chi connectivity index (χ0) is 21.6. The van der Waals surface area contributed by atoms with Gasteiger partial charge >= 0.3 is 0 Å². The van der Waals surface area contributed by atoms with Crippen molar-refractivity contribution in [2.24, 2.45) is 23.7 Å². The highest BCUT2D eigenvalue weighted by Gasteiger charge is 2.52. The molecule has 27 heavy (non-hydrogen) atoms. The number of hydroxylamine groups is 4. The van der Waals surface area contributed by atoms with Crippen LogP contribution in [0.25, 0.3) is 0 Å². The lowest BCUT2D eigenvalue weighted by molar-refractivity contribution is -0.253. The number of rotatable bonds is 2. The van der Waals surface area contributed by atoms with Crippen LogP contribution < -0.4 is 0 Å². The Labute approximate surface area is 169 Å². The lowest BCUT2D eigenvalue weighted by Crippen LogP contribution is -2.59. The molecular weight excluding hydrogens is 336 g/mol. The quantitative estimate of drug-likeness (QED) is 0.594. The average Bonchev–Trinajstić information content (AvgIpc) is 2.64. The van der Waals surface area contributed by atoms with E-state index in [1.54, 1.807) is 10.1 Å². The van der Waals surface area contributed by atoms with Gasteiger partial charge in [-0.15, -0.1) is 0 Å².